The smallest absolute Gasteiger partial charge is 0.261 e. The fourth-order valence-electron chi connectivity index (χ4n) is 1.59. The average Bonchev–Trinajstić information content (AvgIpc) is 3.11. The predicted octanol–water partition coefficient (Wildman–Crippen LogP) is 1.13. The van der Waals surface area contributed by atoms with Crippen LogP contribution in [0.1, 0.15) is 28.1 Å². The lowest BCUT2D eigenvalue weighted by molar-refractivity contribution is -0.117. The first-order valence-electron chi connectivity index (χ1n) is 5.92. The summed E-state index contributed by atoms with van der Waals surface area (Å²) >= 11 is 1.27. The molecular weight excluding hydrogens is 252 g/mol. The maximum atomic E-state index is 11.7. The lowest BCUT2D eigenvalue weighted by Gasteiger charge is -2.01. The molecule has 0 aromatic carbocycles. The van der Waals surface area contributed by atoms with E-state index in [-0.39, 0.29) is 30.9 Å². The molecule has 2 amide bonds. The molecule has 6 heteroatoms. The summed E-state index contributed by atoms with van der Waals surface area (Å²) in [4.78, 5) is 23.9. The van der Waals surface area contributed by atoms with Crippen LogP contribution in [0.5, 0.6) is 0 Å². The summed E-state index contributed by atoms with van der Waals surface area (Å²) in [5, 5.41) is 14.8. The van der Waals surface area contributed by atoms with Crippen LogP contribution in [0.4, 0.5) is 5.00 Å². The van der Waals surface area contributed by atoms with Crippen LogP contribution in [-0.4, -0.2) is 30.1 Å². The first-order valence-corrected chi connectivity index (χ1v) is 6.74. The van der Waals surface area contributed by atoms with Crippen molar-refractivity contribution in [3.8, 4) is 0 Å². The maximum Gasteiger partial charge on any atom is 0.261 e. The van der Waals surface area contributed by atoms with E-state index >= 15 is 0 Å². The Labute approximate surface area is 109 Å². The number of rotatable bonds is 5. The van der Waals surface area contributed by atoms with Crippen molar-refractivity contribution >= 4 is 28.2 Å². The number of hydrogen-bond acceptors (Lipinski definition) is 4. The van der Waals surface area contributed by atoms with Crippen LogP contribution in [0.15, 0.2) is 6.07 Å². The fraction of sp³-hybridized carbons (Fsp3) is 0.500. The molecule has 3 N–H and O–H groups in total. The van der Waals surface area contributed by atoms with Gasteiger partial charge in [-0.15, -0.1) is 11.3 Å². The number of thiophene rings is 1. The summed E-state index contributed by atoms with van der Waals surface area (Å²) < 4.78 is 0. The minimum atomic E-state index is -0.210. The van der Waals surface area contributed by atoms with Gasteiger partial charge in [0.1, 0.15) is 0 Å². The molecule has 98 valence electrons. The fourth-order valence-corrected chi connectivity index (χ4v) is 2.58. The van der Waals surface area contributed by atoms with Gasteiger partial charge < -0.3 is 15.7 Å². The second-order valence-electron chi connectivity index (χ2n) is 4.37. The lowest BCUT2D eigenvalue weighted by Crippen LogP contribution is -2.26. The zero-order valence-corrected chi connectivity index (χ0v) is 11.0. The van der Waals surface area contributed by atoms with Gasteiger partial charge in [0.15, 0.2) is 0 Å². The number of hydrogen-bond donors (Lipinski definition) is 3. The molecule has 18 heavy (non-hydrogen) atoms. The Morgan fingerprint density at radius 1 is 1.50 bits per heavy atom. The number of carbonyl (C=O) groups is 2. The van der Waals surface area contributed by atoms with Gasteiger partial charge >= 0.3 is 0 Å². The van der Waals surface area contributed by atoms with Crippen LogP contribution in [-0.2, 0) is 4.79 Å². The molecule has 0 saturated heterocycles. The highest BCUT2D eigenvalue weighted by atomic mass is 32.1. The molecule has 5 nitrogen and oxygen atoms in total. The van der Waals surface area contributed by atoms with Gasteiger partial charge in [-0.1, -0.05) is 0 Å². The molecule has 1 aliphatic rings. The van der Waals surface area contributed by atoms with Crippen molar-refractivity contribution in [1.29, 1.82) is 0 Å². The second kappa shape index (κ2) is 5.49. The van der Waals surface area contributed by atoms with Gasteiger partial charge in [0.2, 0.25) is 5.91 Å². The van der Waals surface area contributed by atoms with Crippen LogP contribution < -0.4 is 10.6 Å². The van der Waals surface area contributed by atoms with Gasteiger partial charge in [-0.25, -0.2) is 0 Å². The number of nitrogens with one attached hydrogen (secondary N) is 2. The third kappa shape index (κ3) is 3.08. The van der Waals surface area contributed by atoms with E-state index in [1.54, 1.807) is 6.07 Å². The van der Waals surface area contributed by atoms with E-state index < -0.39 is 0 Å². The van der Waals surface area contributed by atoms with E-state index in [1.807, 2.05) is 6.92 Å². The molecule has 0 spiro atoms. The highest BCUT2D eigenvalue weighted by Gasteiger charge is 2.30. The lowest BCUT2D eigenvalue weighted by atomic mass is 10.3. The third-order valence-electron chi connectivity index (χ3n) is 2.72. The normalized spacial score (nSPS) is 14.3. The Balaban J connectivity index is 2.01. The number of carbonyl (C=O) groups excluding carboxylic acids is 2. The van der Waals surface area contributed by atoms with Crippen molar-refractivity contribution in [1.82, 2.24) is 5.32 Å². The van der Waals surface area contributed by atoms with Crippen LogP contribution in [0, 0.1) is 12.8 Å². The van der Waals surface area contributed by atoms with Gasteiger partial charge in [0.05, 0.1) is 16.5 Å². The summed E-state index contributed by atoms with van der Waals surface area (Å²) in [5.74, 6) is -0.0175. The molecule has 0 aliphatic heterocycles. The Kier molecular flexibility index (Phi) is 3.98. The van der Waals surface area contributed by atoms with E-state index in [0.717, 1.165) is 18.4 Å². The van der Waals surface area contributed by atoms with Gasteiger partial charge in [-0.3, -0.25) is 9.59 Å². The van der Waals surface area contributed by atoms with Crippen molar-refractivity contribution in [3.63, 3.8) is 0 Å². The van der Waals surface area contributed by atoms with E-state index in [0.29, 0.717) is 9.88 Å². The molecule has 0 atom stereocenters. The highest BCUT2D eigenvalue weighted by molar-refractivity contribution is 7.18. The minimum absolute atomic E-state index is 0.0403. The number of amides is 2. The number of aliphatic hydroxyl groups is 1. The van der Waals surface area contributed by atoms with Crippen molar-refractivity contribution < 1.29 is 14.7 Å². The van der Waals surface area contributed by atoms with Gasteiger partial charge in [-0.2, -0.15) is 0 Å². The topological polar surface area (TPSA) is 78.4 Å². The van der Waals surface area contributed by atoms with Crippen molar-refractivity contribution in [2.45, 2.75) is 19.8 Å². The molecule has 1 saturated carbocycles. The largest absolute Gasteiger partial charge is 0.395 e. The quantitative estimate of drug-likeness (QED) is 0.749. The predicted molar refractivity (Wildman–Crippen MR) is 69.8 cm³/mol. The second-order valence-corrected chi connectivity index (χ2v) is 5.42. The number of anilines is 1. The minimum Gasteiger partial charge on any atom is -0.395 e. The van der Waals surface area contributed by atoms with Crippen LogP contribution in [0.3, 0.4) is 0 Å². The molecule has 2 rings (SSSR count). The molecule has 1 fully saturated rings. The summed E-state index contributed by atoms with van der Waals surface area (Å²) in [6.45, 7) is 1.98. The summed E-state index contributed by atoms with van der Waals surface area (Å²) in [7, 11) is 0. The average molecular weight is 268 g/mol. The molecule has 1 aromatic rings. The summed E-state index contributed by atoms with van der Waals surface area (Å²) in [5.41, 5.74) is 0.835. The Bertz CT molecular complexity index is 466. The Morgan fingerprint density at radius 2 is 2.22 bits per heavy atom. The zero-order chi connectivity index (χ0) is 13.1. The number of aryl methyl sites for hydroxylation is 1. The highest BCUT2D eigenvalue weighted by Crippen LogP contribution is 2.32. The SMILES string of the molecule is Cc1cc(NC(=O)C2CC2)sc1C(=O)NCCO. The van der Waals surface area contributed by atoms with Crippen LogP contribution in [0.2, 0.25) is 0 Å². The summed E-state index contributed by atoms with van der Waals surface area (Å²) in [6.07, 6.45) is 1.92. The van der Waals surface area contributed by atoms with Crippen LogP contribution in [0.25, 0.3) is 0 Å². The van der Waals surface area contributed by atoms with Gasteiger partial charge in [0, 0.05) is 12.5 Å². The van der Waals surface area contributed by atoms with E-state index in [9.17, 15) is 9.59 Å². The van der Waals surface area contributed by atoms with E-state index in [1.165, 1.54) is 11.3 Å². The molecule has 1 aliphatic carbocycles. The van der Waals surface area contributed by atoms with Gasteiger partial charge in [0.25, 0.3) is 5.91 Å². The molecule has 1 heterocycles. The standard InChI is InChI=1S/C12H16N2O3S/c1-7-6-9(14-11(16)8-2-3-8)18-10(7)12(17)13-4-5-15/h6,8,15H,2-5H2,1H3,(H,13,17)(H,14,16). The first-order chi connectivity index (χ1) is 8.61. The van der Waals surface area contributed by atoms with Crippen molar-refractivity contribution in [3.05, 3.63) is 16.5 Å². The van der Waals surface area contributed by atoms with E-state index in [2.05, 4.69) is 10.6 Å². The maximum absolute atomic E-state index is 11.7. The Hall–Kier alpha value is -1.40. The first kappa shape index (κ1) is 13.0. The summed E-state index contributed by atoms with van der Waals surface area (Å²) in [6, 6.07) is 1.80. The molecule has 0 unspecified atom stereocenters. The third-order valence-corrected chi connectivity index (χ3v) is 3.87. The monoisotopic (exact) mass is 268 g/mol. The van der Waals surface area contributed by atoms with Crippen molar-refractivity contribution in [2.24, 2.45) is 5.92 Å². The zero-order valence-electron chi connectivity index (χ0n) is 10.2. The van der Waals surface area contributed by atoms with Gasteiger partial charge in [-0.05, 0) is 31.4 Å². The molecule has 0 radical (unpaired) electrons. The molecular formula is C12H16N2O3S. The van der Waals surface area contributed by atoms with Crippen molar-refractivity contribution in [2.75, 3.05) is 18.5 Å². The molecule has 0 bridgehead atoms. The van der Waals surface area contributed by atoms with Crippen LogP contribution >= 0.6 is 11.3 Å². The molecule has 1 aromatic heterocycles. The number of aliphatic hydroxyl groups excluding tert-OH is 1. The van der Waals surface area contributed by atoms with E-state index in [4.69, 9.17) is 5.11 Å². The Morgan fingerprint density at radius 3 is 2.83 bits per heavy atom.